The highest BCUT2D eigenvalue weighted by Crippen LogP contribution is 2.39. The molecule has 5 heteroatoms. The maximum absolute atomic E-state index is 7.97. The van der Waals surface area contributed by atoms with Gasteiger partial charge in [0, 0.05) is 28.2 Å². The van der Waals surface area contributed by atoms with Gasteiger partial charge in [0.05, 0.1) is 4.88 Å². The van der Waals surface area contributed by atoms with Gasteiger partial charge < -0.3 is 10.4 Å². The molecule has 0 unspecified atom stereocenters. The van der Waals surface area contributed by atoms with Crippen LogP contribution in [-0.2, 0) is 0 Å². The highest BCUT2D eigenvalue weighted by atomic mass is 32.1. The normalized spacial score (nSPS) is 12.0. The molecule has 0 aliphatic rings. The number of aromatic nitrogens is 3. The minimum absolute atomic E-state index is 0.397. The van der Waals surface area contributed by atoms with Gasteiger partial charge in [-0.05, 0) is 87.4 Å². The summed E-state index contributed by atoms with van der Waals surface area (Å²) in [5.41, 5.74) is 7.23. The van der Waals surface area contributed by atoms with Crippen molar-refractivity contribution >= 4 is 22.6 Å². The van der Waals surface area contributed by atoms with E-state index in [-0.39, 0.29) is 0 Å². The summed E-state index contributed by atoms with van der Waals surface area (Å²) in [4.78, 5) is 15.3. The zero-order valence-electron chi connectivity index (χ0n) is 18.2. The number of aromatic amines is 1. The van der Waals surface area contributed by atoms with Crippen molar-refractivity contribution in [3.63, 3.8) is 0 Å². The Morgan fingerprint density at radius 2 is 1.93 bits per heavy atom. The number of hydrogen-bond donors (Lipinski definition) is 2. The fourth-order valence-corrected chi connectivity index (χ4v) is 4.93. The van der Waals surface area contributed by atoms with E-state index < -0.39 is 0 Å². The van der Waals surface area contributed by atoms with E-state index in [1.807, 2.05) is 26.1 Å². The van der Waals surface area contributed by atoms with Crippen LogP contribution in [-0.4, -0.2) is 20.7 Å². The van der Waals surface area contributed by atoms with Crippen LogP contribution < -0.4 is 0 Å². The standard InChI is InChI=1S/C24H30N4S/c1-7-18(8-2)20(12-15(4)25)24-27-17(6)22(28-24)23-14(3)11-21(29-23)19-9-10-26-16(5)13-19/h9-13,18,25H,7-8H2,1-6H3,(H,27,28)/b20-12-,25-15?. The molecule has 3 heterocycles. The molecule has 4 nitrogen and oxygen atoms in total. The topological polar surface area (TPSA) is 65.4 Å². The molecule has 3 rings (SSSR count). The van der Waals surface area contributed by atoms with Gasteiger partial charge in [0.2, 0.25) is 0 Å². The number of imidazole rings is 1. The van der Waals surface area contributed by atoms with Crippen molar-refractivity contribution in [1.82, 2.24) is 15.0 Å². The smallest absolute Gasteiger partial charge is 0.134 e. The van der Waals surface area contributed by atoms with Gasteiger partial charge in [-0.1, -0.05) is 13.8 Å². The summed E-state index contributed by atoms with van der Waals surface area (Å²) < 4.78 is 0. The van der Waals surface area contributed by atoms with E-state index in [0.29, 0.717) is 11.6 Å². The Hall–Kier alpha value is -2.53. The van der Waals surface area contributed by atoms with Crippen molar-refractivity contribution in [3.05, 3.63) is 53.2 Å². The Balaban J connectivity index is 2.06. The van der Waals surface area contributed by atoms with Crippen LogP contribution in [0.4, 0.5) is 0 Å². The second-order valence-corrected chi connectivity index (χ2v) is 8.72. The minimum Gasteiger partial charge on any atom is -0.342 e. The third kappa shape index (κ3) is 4.56. The predicted octanol–water partition coefficient (Wildman–Crippen LogP) is 6.98. The van der Waals surface area contributed by atoms with Crippen LogP contribution in [0.1, 0.15) is 56.4 Å². The number of allylic oxidation sites excluding steroid dienone is 2. The highest BCUT2D eigenvalue weighted by Gasteiger charge is 2.20. The first-order valence-electron chi connectivity index (χ1n) is 10.2. The Kier molecular flexibility index (Phi) is 6.48. The van der Waals surface area contributed by atoms with Crippen molar-refractivity contribution in [2.75, 3.05) is 0 Å². The molecular weight excluding hydrogens is 376 g/mol. The van der Waals surface area contributed by atoms with E-state index in [1.165, 1.54) is 20.9 Å². The number of thiophene rings is 1. The Bertz CT molecular complexity index is 1050. The molecule has 0 aromatic carbocycles. The summed E-state index contributed by atoms with van der Waals surface area (Å²) in [6, 6.07) is 6.42. The average Bonchev–Trinajstić information content (AvgIpc) is 3.24. The fraction of sp³-hybridized carbons (Fsp3) is 0.375. The number of rotatable bonds is 7. The van der Waals surface area contributed by atoms with E-state index in [4.69, 9.17) is 10.4 Å². The number of nitrogens with one attached hydrogen (secondary N) is 2. The molecule has 0 aliphatic carbocycles. The molecule has 0 amide bonds. The van der Waals surface area contributed by atoms with Crippen LogP contribution >= 0.6 is 11.3 Å². The molecular formula is C24H30N4S. The van der Waals surface area contributed by atoms with Crippen molar-refractivity contribution in [3.8, 4) is 21.0 Å². The van der Waals surface area contributed by atoms with E-state index in [9.17, 15) is 0 Å². The zero-order valence-corrected chi connectivity index (χ0v) is 19.0. The molecule has 0 bridgehead atoms. The van der Waals surface area contributed by atoms with E-state index in [1.54, 1.807) is 11.3 Å². The van der Waals surface area contributed by atoms with Gasteiger partial charge in [-0.2, -0.15) is 0 Å². The second kappa shape index (κ2) is 8.87. The summed E-state index contributed by atoms with van der Waals surface area (Å²) >= 11 is 1.78. The van der Waals surface area contributed by atoms with Crippen LogP contribution in [0.5, 0.6) is 0 Å². The predicted molar refractivity (Wildman–Crippen MR) is 125 cm³/mol. The molecule has 0 atom stereocenters. The third-order valence-electron chi connectivity index (χ3n) is 5.27. The van der Waals surface area contributed by atoms with Gasteiger partial charge in [-0.25, -0.2) is 4.98 Å². The molecule has 0 saturated heterocycles. The molecule has 0 radical (unpaired) electrons. The summed E-state index contributed by atoms with van der Waals surface area (Å²) in [6.07, 6.45) is 5.90. The third-order valence-corrected chi connectivity index (χ3v) is 6.56. The molecule has 2 N–H and O–H groups in total. The molecule has 152 valence electrons. The van der Waals surface area contributed by atoms with Gasteiger partial charge in [0.25, 0.3) is 0 Å². The van der Waals surface area contributed by atoms with Crippen LogP contribution in [0.25, 0.3) is 26.6 Å². The summed E-state index contributed by atoms with van der Waals surface area (Å²) in [6.45, 7) is 12.5. The maximum atomic E-state index is 7.97. The first kappa shape index (κ1) is 21.2. The molecule has 29 heavy (non-hydrogen) atoms. The SMILES string of the molecule is CCC(CC)/C(=C/C(C)=N)c1nc(-c2sc(-c3ccnc(C)c3)cc2C)c(C)[nH]1. The van der Waals surface area contributed by atoms with Crippen LogP contribution in [0.2, 0.25) is 0 Å². The first-order valence-corrected chi connectivity index (χ1v) is 11.0. The number of nitrogens with zero attached hydrogens (tertiary/aromatic N) is 2. The van der Waals surface area contributed by atoms with Crippen LogP contribution in [0.3, 0.4) is 0 Å². The lowest BCUT2D eigenvalue weighted by Crippen LogP contribution is -2.04. The first-order chi connectivity index (χ1) is 13.8. The lowest BCUT2D eigenvalue weighted by molar-refractivity contribution is 0.620. The average molecular weight is 407 g/mol. The summed E-state index contributed by atoms with van der Waals surface area (Å²) in [5.74, 6) is 1.29. The summed E-state index contributed by atoms with van der Waals surface area (Å²) in [7, 11) is 0. The number of hydrogen-bond acceptors (Lipinski definition) is 4. The van der Waals surface area contributed by atoms with Crippen molar-refractivity contribution in [2.24, 2.45) is 5.92 Å². The minimum atomic E-state index is 0.397. The Labute approximate surface area is 177 Å². The number of aryl methyl sites for hydroxylation is 3. The lowest BCUT2D eigenvalue weighted by Gasteiger charge is -2.15. The Morgan fingerprint density at radius 3 is 2.55 bits per heavy atom. The van der Waals surface area contributed by atoms with Crippen molar-refractivity contribution in [1.29, 1.82) is 5.41 Å². The van der Waals surface area contributed by atoms with Gasteiger partial charge in [-0.15, -0.1) is 11.3 Å². The molecule has 0 fully saturated rings. The van der Waals surface area contributed by atoms with E-state index in [0.717, 1.165) is 41.3 Å². The highest BCUT2D eigenvalue weighted by molar-refractivity contribution is 7.19. The monoisotopic (exact) mass is 406 g/mol. The van der Waals surface area contributed by atoms with Crippen LogP contribution in [0, 0.1) is 32.1 Å². The Morgan fingerprint density at radius 1 is 1.21 bits per heavy atom. The van der Waals surface area contributed by atoms with Crippen molar-refractivity contribution < 1.29 is 0 Å². The number of H-pyrrole nitrogens is 1. The maximum Gasteiger partial charge on any atom is 0.134 e. The fourth-order valence-electron chi connectivity index (χ4n) is 3.72. The summed E-state index contributed by atoms with van der Waals surface area (Å²) in [5, 5.41) is 7.97. The van der Waals surface area contributed by atoms with E-state index in [2.05, 4.69) is 55.9 Å². The van der Waals surface area contributed by atoms with Crippen LogP contribution in [0.15, 0.2) is 30.5 Å². The molecule has 3 aromatic rings. The van der Waals surface area contributed by atoms with Crippen molar-refractivity contribution in [2.45, 2.75) is 54.4 Å². The van der Waals surface area contributed by atoms with E-state index >= 15 is 0 Å². The quantitative estimate of drug-likeness (QED) is 0.415. The molecule has 3 aromatic heterocycles. The van der Waals surface area contributed by atoms with Gasteiger partial charge in [0.15, 0.2) is 0 Å². The van der Waals surface area contributed by atoms with Gasteiger partial charge in [-0.3, -0.25) is 4.98 Å². The number of pyridine rings is 1. The van der Waals surface area contributed by atoms with Gasteiger partial charge >= 0.3 is 0 Å². The van der Waals surface area contributed by atoms with Gasteiger partial charge in [0.1, 0.15) is 11.5 Å². The second-order valence-electron chi connectivity index (χ2n) is 7.66. The molecule has 0 aliphatic heterocycles. The zero-order chi connectivity index (χ0) is 21.1. The largest absolute Gasteiger partial charge is 0.342 e. The molecule has 0 spiro atoms. The lowest BCUT2D eigenvalue weighted by atomic mass is 9.92. The molecule has 0 saturated carbocycles.